The molecule has 0 saturated carbocycles. The van der Waals surface area contributed by atoms with Gasteiger partial charge in [0.2, 0.25) is 0 Å². The minimum atomic E-state index is -0.227. The van der Waals surface area contributed by atoms with Gasteiger partial charge in [-0.1, -0.05) is 30.3 Å². The van der Waals surface area contributed by atoms with Crippen molar-refractivity contribution in [1.29, 1.82) is 0 Å². The second-order valence-corrected chi connectivity index (χ2v) is 9.34. The van der Waals surface area contributed by atoms with Crippen molar-refractivity contribution < 1.29 is 4.79 Å². The van der Waals surface area contributed by atoms with Crippen LogP contribution in [0.2, 0.25) is 0 Å². The minimum Gasteiger partial charge on any atom is -0.334 e. The van der Waals surface area contributed by atoms with Gasteiger partial charge in [-0.05, 0) is 74.4 Å². The molecule has 0 fully saturated rings. The largest absolute Gasteiger partial charge is 0.334 e. The average Bonchev–Trinajstić information content (AvgIpc) is 2.85. The zero-order valence-corrected chi connectivity index (χ0v) is 21.3. The number of rotatable bonds is 4. The van der Waals surface area contributed by atoms with Crippen LogP contribution in [0.3, 0.4) is 0 Å². The summed E-state index contributed by atoms with van der Waals surface area (Å²) in [6, 6.07) is 18.6. The van der Waals surface area contributed by atoms with Crippen LogP contribution in [0.5, 0.6) is 0 Å². The van der Waals surface area contributed by atoms with E-state index in [9.17, 15) is 9.59 Å². The van der Waals surface area contributed by atoms with Crippen molar-refractivity contribution in [1.82, 2.24) is 24.4 Å². The first-order valence-corrected chi connectivity index (χ1v) is 12.0. The highest BCUT2D eigenvalue weighted by Gasteiger charge is 2.17. The molecule has 2 aromatic heterocycles. The Hall–Kier alpha value is -4.17. The Morgan fingerprint density at radius 3 is 2.58 bits per heavy atom. The van der Waals surface area contributed by atoms with Gasteiger partial charge in [-0.15, -0.1) is 0 Å². The van der Waals surface area contributed by atoms with E-state index in [1.165, 1.54) is 4.57 Å². The van der Waals surface area contributed by atoms with Crippen LogP contribution in [0.1, 0.15) is 33.0 Å². The number of nitrogens with one attached hydrogen (secondary N) is 1. The standard InChI is InChI=1S/C28H25N5O2S/c1-16-8-7-11-24(17(16)2)33-27(35)21-13-12-19(14-23(21)31-28(33)36)26(34)32(4)15-25-29-18(3)20-9-5-6-10-22(20)30-25/h5-14H,15H2,1-4H3,(H,31,36). The maximum atomic E-state index is 13.4. The molecule has 8 heteroatoms. The predicted molar refractivity (Wildman–Crippen MR) is 144 cm³/mol. The first-order chi connectivity index (χ1) is 17.2. The zero-order chi connectivity index (χ0) is 25.6. The van der Waals surface area contributed by atoms with Gasteiger partial charge in [0.25, 0.3) is 11.5 Å². The second-order valence-electron chi connectivity index (χ2n) is 8.95. The minimum absolute atomic E-state index is 0.204. The Kier molecular flexibility index (Phi) is 5.97. The summed E-state index contributed by atoms with van der Waals surface area (Å²) in [7, 11) is 1.71. The first-order valence-electron chi connectivity index (χ1n) is 11.6. The summed E-state index contributed by atoms with van der Waals surface area (Å²) in [6.07, 6.45) is 0. The molecule has 0 atom stereocenters. The van der Waals surface area contributed by atoms with Gasteiger partial charge < -0.3 is 9.88 Å². The van der Waals surface area contributed by atoms with Crippen LogP contribution in [0, 0.1) is 25.5 Å². The summed E-state index contributed by atoms with van der Waals surface area (Å²) < 4.78 is 1.78. The molecule has 5 aromatic rings. The molecule has 180 valence electrons. The zero-order valence-electron chi connectivity index (χ0n) is 20.5. The van der Waals surface area contributed by atoms with Gasteiger partial charge in [0.15, 0.2) is 4.77 Å². The van der Waals surface area contributed by atoms with Gasteiger partial charge in [0.05, 0.1) is 28.7 Å². The molecule has 0 bridgehead atoms. The molecule has 1 N–H and O–H groups in total. The van der Waals surface area contributed by atoms with Gasteiger partial charge in [0.1, 0.15) is 5.82 Å². The Balaban J connectivity index is 1.48. The van der Waals surface area contributed by atoms with Crippen molar-refractivity contribution in [3.63, 3.8) is 0 Å². The van der Waals surface area contributed by atoms with Gasteiger partial charge in [-0.25, -0.2) is 9.97 Å². The lowest BCUT2D eigenvalue weighted by atomic mass is 10.1. The molecule has 0 aliphatic carbocycles. The molecule has 0 radical (unpaired) electrons. The number of benzene rings is 3. The molecule has 0 unspecified atom stereocenters. The Morgan fingerprint density at radius 2 is 1.78 bits per heavy atom. The summed E-state index contributed by atoms with van der Waals surface area (Å²) in [4.78, 5) is 40.5. The lowest BCUT2D eigenvalue weighted by molar-refractivity contribution is 0.0781. The number of aromatic amines is 1. The van der Waals surface area contributed by atoms with Crippen molar-refractivity contribution in [2.45, 2.75) is 27.3 Å². The molecule has 7 nitrogen and oxygen atoms in total. The van der Waals surface area contributed by atoms with Gasteiger partial charge >= 0.3 is 0 Å². The van der Waals surface area contributed by atoms with E-state index >= 15 is 0 Å². The molecular formula is C28H25N5O2S. The molecule has 3 aromatic carbocycles. The van der Waals surface area contributed by atoms with Crippen molar-refractivity contribution in [2.24, 2.45) is 0 Å². The molecule has 1 amide bonds. The maximum Gasteiger partial charge on any atom is 0.266 e. The monoisotopic (exact) mass is 495 g/mol. The number of aryl methyl sites for hydroxylation is 2. The molecule has 36 heavy (non-hydrogen) atoms. The first kappa shape index (κ1) is 23.6. The van der Waals surface area contributed by atoms with Gasteiger partial charge in [-0.2, -0.15) is 0 Å². The number of hydrogen-bond acceptors (Lipinski definition) is 5. The highest BCUT2D eigenvalue weighted by Crippen LogP contribution is 2.20. The van der Waals surface area contributed by atoms with E-state index in [4.69, 9.17) is 12.2 Å². The highest BCUT2D eigenvalue weighted by atomic mass is 32.1. The topological polar surface area (TPSA) is 83.9 Å². The van der Waals surface area contributed by atoms with Crippen molar-refractivity contribution >= 4 is 39.9 Å². The predicted octanol–water partition coefficient (Wildman–Crippen LogP) is 5.19. The SMILES string of the molecule is Cc1cccc(-n2c(=S)[nH]c3cc(C(=O)N(C)Cc4nc(C)c5ccccc5n4)ccc3c2=O)c1C. The second kappa shape index (κ2) is 9.13. The smallest absolute Gasteiger partial charge is 0.266 e. The Morgan fingerprint density at radius 1 is 1.00 bits per heavy atom. The van der Waals surface area contributed by atoms with E-state index < -0.39 is 0 Å². The van der Waals surface area contributed by atoms with Crippen LogP contribution in [-0.2, 0) is 6.54 Å². The van der Waals surface area contributed by atoms with Crippen LogP contribution in [0.15, 0.2) is 65.5 Å². The normalized spacial score (nSPS) is 11.2. The van der Waals surface area contributed by atoms with E-state index in [1.54, 1.807) is 30.1 Å². The summed E-state index contributed by atoms with van der Waals surface area (Å²) in [5.74, 6) is 0.364. The van der Waals surface area contributed by atoms with Crippen LogP contribution < -0.4 is 5.56 Å². The number of fused-ring (bicyclic) bond motifs is 2. The third kappa shape index (κ3) is 4.09. The summed E-state index contributed by atoms with van der Waals surface area (Å²) in [5, 5.41) is 1.45. The van der Waals surface area contributed by atoms with Crippen LogP contribution >= 0.6 is 12.2 Å². The van der Waals surface area contributed by atoms with Gasteiger partial charge in [-0.3, -0.25) is 14.2 Å². The number of nitrogens with zero attached hydrogens (tertiary/aromatic N) is 4. The highest BCUT2D eigenvalue weighted by molar-refractivity contribution is 7.71. The fourth-order valence-corrected chi connectivity index (χ4v) is 4.71. The van der Waals surface area contributed by atoms with Crippen LogP contribution in [-0.4, -0.2) is 37.4 Å². The van der Waals surface area contributed by atoms with Crippen molar-refractivity contribution in [3.05, 3.63) is 104 Å². The van der Waals surface area contributed by atoms with Crippen molar-refractivity contribution in [3.8, 4) is 5.69 Å². The molecular weight excluding hydrogens is 470 g/mol. The average molecular weight is 496 g/mol. The van der Waals surface area contributed by atoms with Crippen LogP contribution in [0.25, 0.3) is 27.5 Å². The van der Waals surface area contributed by atoms with E-state index in [0.717, 1.165) is 33.4 Å². The third-order valence-corrected chi connectivity index (χ3v) is 6.81. The van der Waals surface area contributed by atoms with E-state index in [1.807, 2.05) is 63.2 Å². The number of hydrogen-bond donors (Lipinski definition) is 1. The Labute approximate surface area is 213 Å². The van der Waals surface area contributed by atoms with E-state index in [-0.39, 0.29) is 22.8 Å². The van der Waals surface area contributed by atoms with Crippen LogP contribution in [0.4, 0.5) is 0 Å². The fourth-order valence-electron chi connectivity index (χ4n) is 4.42. The summed E-state index contributed by atoms with van der Waals surface area (Å²) >= 11 is 5.55. The summed E-state index contributed by atoms with van der Waals surface area (Å²) in [6.45, 7) is 6.16. The number of carbonyl (C=O) groups excluding carboxylic acids is 1. The van der Waals surface area contributed by atoms with E-state index in [0.29, 0.717) is 22.3 Å². The number of amides is 1. The number of carbonyl (C=O) groups is 1. The number of aromatic nitrogens is 4. The lowest BCUT2D eigenvalue weighted by Gasteiger charge is -2.17. The molecule has 0 aliphatic rings. The molecule has 5 rings (SSSR count). The molecule has 0 saturated heterocycles. The number of para-hydroxylation sites is 1. The maximum absolute atomic E-state index is 13.4. The molecule has 0 spiro atoms. The lowest BCUT2D eigenvalue weighted by Crippen LogP contribution is -2.27. The summed E-state index contributed by atoms with van der Waals surface area (Å²) in [5.41, 5.74) is 5.25. The Bertz CT molecular complexity index is 1790. The molecule has 0 aliphatic heterocycles. The molecule has 2 heterocycles. The van der Waals surface area contributed by atoms with Gasteiger partial charge in [0, 0.05) is 23.7 Å². The fraction of sp³-hybridized carbons (Fsp3) is 0.179. The number of H-pyrrole nitrogens is 1. The third-order valence-electron chi connectivity index (χ3n) is 6.53. The quantitative estimate of drug-likeness (QED) is 0.347. The van der Waals surface area contributed by atoms with Crippen molar-refractivity contribution in [2.75, 3.05) is 7.05 Å². The van der Waals surface area contributed by atoms with E-state index in [2.05, 4.69) is 15.0 Å².